The predicted molar refractivity (Wildman–Crippen MR) is 111 cm³/mol. The van der Waals surface area contributed by atoms with Crippen LogP contribution in [0.1, 0.15) is 27.0 Å². The molecule has 0 fully saturated rings. The predicted octanol–water partition coefficient (Wildman–Crippen LogP) is 4.54. The van der Waals surface area contributed by atoms with Crippen LogP contribution < -0.4 is 4.74 Å². The van der Waals surface area contributed by atoms with Crippen molar-refractivity contribution in [1.82, 2.24) is 0 Å². The molecule has 0 aliphatic carbocycles. The van der Waals surface area contributed by atoms with Crippen LogP contribution in [-0.4, -0.2) is 45.7 Å². The molecule has 2 aliphatic heterocycles. The number of carbonyl (C=O) groups is 1. The summed E-state index contributed by atoms with van der Waals surface area (Å²) in [7, 11) is 0. The van der Waals surface area contributed by atoms with Crippen LogP contribution in [0.15, 0.2) is 57.5 Å². The van der Waals surface area contributed by atoms with Crippen molar-refractivity contribution < 1.29 is 24.5 Å². The molecule has 8 heteroatoms. The molecule has 0 atom stereocenters. The van der Waals surface area contributed by atoms with Crippen molar-refractivity contribution in [2.45, 2.75) is 5.60 Å². The Kier molecular flexibility index (Phi) is 4.79. The number of phenols is 2. The molecule has 3 aromatic rings. The Balaban J connectivity index is 0.00000192. The van der Waals surface area contributed by atoms with Crippen molar-refractivity contribution in [1.29, 1.82) is 0 Å². The van der Waals surface area contributed by atoms with Gasteiger partial charge in [-0.2, -0.15) is 0 Å². The SMILES string of the molecule is O=C1OC2(c3ccc(O)cc3Oc3cc(O)ccc32)c2ccc(Br)c(Br)c21.[NaH]. The van der Waals surface area contributed by atoms with E-state index in [0.717, 1.165) is 4.47 Å². The van der Waals surface area contributed by atoms with E-state index in [2.05, 4.69) is 31.9 Å². The van der Waals surface area contributed by atoms with Crippen molar-refractivity contribution in [2.24, 2.45) is 0 Å². The van der Waals surface area contributed by atoms with E-state index in [4.69, 9.17) is 9.47 Å². The van der Waals surface area contributed by atoms with Crippen LogP contribution >= 0.6 is 31.9 Å². The Morgan fingerprint density at radius 1 is 0.821 bits per heavy atom. The molecule has 2 aliphatic rings. The van der Waals surface area contributed by atoms with Crippen LogP contribution in [-0.2, 0) is 10.3 Å². The maximum atomic E-state index is 12.9. The van der Waals surface area contributed by atoms with Crippen LogP contribution in [0.2, 0.25) is 0 Å². The molecule has 136 valence electrons. The first-order valence-electron chi connectivity index (χ1n) is 7.98. The molecule has 0 bridgehead atoms. The summed E-state index contributed by atoms with van der Waals surface area (Å²) in [6.45, 7) is 0. The molecule has 2 heterocycles. The van der Waals surface area contributed by atoms with E-state index in [9.17, 15) is 15.0 Å². The van der Waals surface area contributed by atoms with Gasteiger partial charge in [-0.05, 0) is 62.2 Å². The number of hydrogen-bond donors (Lipinski definition) is 2. The Morgan fingerprint density at radius 3 is 1.93 bits per heavy atom. The van der Waals surface area contributed by atoms with E-state index >= 15 is 0 Å². The molecule has 5 nitrogen and oxygen atoms in total. The Hall–Kier alpha value is -1.51. The summed E-state index contributed by atoms with van der Waals surface area (Å²) in [5.74, 6) is 0.279. The molecule has 1 spiro atoms. The third-order valence-corrected chi connectivity index (χ3v) is 6.85. The number of fused-ring (bicyclic) bond motifs is 6. The average Bonchev–Trinajstić information content (AvgIpc) is 2.91. The van der Waals surface area contributed by atoms with Gasteiger partial charge in [0.05, 0.1) is 5.56 Å². The minimum absolute atomic E-state index is 0. The van der Waals surface area contributed by atoms with E-state index in [0.29, 0.717) is 38.2 Å². The monoisotopic (exact) mass is 512 g/mol. The van der Waals surface area contributed by atoms with Crippen LogP contribution in [0, 0.1) is 0 Å². The molecule has 3 aromatic carbocycles. The molecule has 0 aromatic heterocycles. The molecule has 0 radical (unpaired) electrons. The van der Waals surface area contributed by atoms with Gasteiger partial charge in [0.1, 0.15) is 23.0 Å². The molecule has 0 saturated heterocycles. The van der Waals surface area contributed by atoms with Gasteiger partial charge in [-0.3, -0.25) is 0 Å². The maximum absolute atomic E-state index is 12.9. The van der Waals surface area contributed by atoms with Crippen LogP contribution in [0.3, 0.4) is 0 Å². The Bertz CT molecular complexity index is 1110. The number of hydrogen-bond acceptors (Lipinski definition) is 5. The molecule has 5 rings (SSSR count). The van der Waals surface area contributed by atoms with Gasteiger partial charge in [-0.25, -0.2) is 4.79 Å². The quantitative estimate of drug-likeness (QED) is 0.341. The van der Waals surface area contributed by atoms with E-state index in [1.54, 1.807) is 12.1 Å². The summed E-state index contributed by atoms with van der Waals surface area (Å²) in [4.78, 5) is 12.9. The number of phenolic OH excluding ortho intramolecular Hbond substituents is 2. The normalized spacial score (nSPS) is 15.0. The molecule has 0 amide bonds. The average molecular weight is 514 g/mol. The number of carbonyl (C=O) groups excluding carboxylic acids is 1. The Labute approximate surface area is 198 Å². The molecular formula is C20H11Br2NaO5. The summed E-state index contributed by atoms with van der Waals surface area (Å²) in [5.41, 5.74) is 1.04. The van der Waals surface area contributed by atoms with Crippen molar-refractivity contribution in [2.75, 3.05) is 0 Å². The van der Waals surface area contributed by atoms with Gasteiger partial charge in [-0.1, -0.05) is 6.07 Å². The summed E-state index contributed by atoms with van der Waals surface area (Å²) in [6, 6.07) is 13.0. The van der Waals surface area contributed by atoms with Crippen molar-refractivity contribution >= 4 is 67.4 Å². The zero-order chi connectivity index (χ0) is 18.9. The number of aromatic hydroxyl groups is 2. The van der Waals surface area contributed by atoms with Gasteiger partial charge in [0.25, 0.3) is 0 Å². The molecule has 28 heavy (non-hydrogen) atoms. The first kappa shape index (κ1) is 19.8. The van der Waals surface area contributed by atoms with Gasteiger partial charge in [-0.15, -0.1) is 0 Å². The van der Waals surface area contributed by atoms with Crippen molar-refractivity contribution in [3.05, 3.63) is 79.7 Å². The summed E-state index contributed by atoms with van der Waals surface area (Å²) in [5, 5.41) is 19.8. The Morgan fingerprint density at radius 2 is 1.36 bits per heavy atom. The van der Waals surface area contributed by atoms with Gasteiger partial charge >= 0.3 is 35.5 Å². The van der Waals surface area contributed by atoms with Crippen LogP contribution in [0.5, 0.6) is 23.0 Å². The van der Waals surface area contributed by atoms with E-state index in [1.165, 1.54) is 24.3 Å². The third-order valence-electron chi connectivity index (χ3n) is 4.83. The van der Waals surface area contributed by atoms with E-state index in [1.807, 2.05) is 12.1 Å². The second-order valence-electron chi connectivity index (χ2n) is 6.32. The van der Waals surface area contributed by atoms with E-state index < -0.39 is 11.6 Å². The number of rotatable bonds is 0. The molecule has 2 N–H and O–H groups in total. The summed E-state index contributed by atoms with van der Waals surface area (Å²) >= 11 is 6.89. The van der Waals surface area contributed by atoms with E-state index in [-0.39, 0.29) is 41.1 Å². The minimum atomic E-state index is -1.24. The second-order valence-corrected chi connectivity index (χ2v) is 7.96. The molecule has 0 saturated carbocycles. The standard InChI is InChI=1S/C20H10Br2O5.Na.H/c21-14-6-5-13-17(18(14)22)19(25)27-20(13)11-3-1-9(23)7-15(11)26-16-8-10(24)2-4-12(16)20;;/h1-8,23-24H;;. The first-order valence-corrected chi connectivity index (χ1v) is 9.57. The molecular weight excluding hydrogens is 503 g/mol. The fourth-order valence-corrected chi connectivity index (χ4v) is 4.56. The number of esters is 1. The van der Waals surface area contributed by atoms with Crippen molar-refractivity contribution in [3.63, 3.8) is 0 Å². The second kappa shape index (κ2) is 6.78. The summed E-state index contributed by atoms with van der Waals surface area (Å²) in [6.07, 6.45) is 0. The first-order chi connectivity index (χ1) is 12.9. The number of ether oxygens (including phenoxy) is 2. The van der Waals surface area contributed by atoms with Gasteiger partial charge in [0, 0.05) is 37.8 Å². The van der Waals surface area contributed by atoms with Gasteiger partial charge in [0.15, 0.2) is 5.60 Å². The summed E-state index contributed by atoms with van der Waals surface area (Å²) < 4.78 is 13.2. The van der Waals surface area contributed by atoms with Gasteiger partial charge < -0.3 is 19.7 Å². The fourth-order valence-electron chi connectivity index (χ4n) is 3.72. The number of benzene rings is 3. The van der Waals surface area contributed by atoms with Gasteiger partial charge in [0.2, 0.25) is 0 Å². The number of halogens is 2. The molecule has 0 unspecified atom stereocenters. The van der Waals surface area contributed by atoms with Crippen LogP contribution in [0.25, 0.3) is 0 Å². The van der Waals surface area contributed by atoms with Crippen molar-refractivity contribution in [3.8, 4) is 23.0 Å². The fraction of sp³-hybridized carbons (Fsp3) is 0.0500. The topological polar surface area (TPSA) is 76.0 Å². The third kappa shape index (κ3) is 2.57. The zero-order valence-corrected chi connectivity index (χ0v) is 16.7. The van der Waals surface area contributed by atoms with Crippen LogP contribution in [0.4, 0.5) is 0 Å². The zero-order valence-electron chi connectivity index (χ0n) is 13.5.